The fourth-order valence-corrected chi connectivity index (χ4v) is 3.56. The lowest BCUT2D eigenvalue weighted by Gasteiger charge is -2.03. The topological polar surface area (TPSA) is 51.2 Å². The van der Waals surface area contributed by atoms with E-state index in [2.05, 4.69) is 10.3 Å². The Morgan fingerprint density at radius 1 is 1.25 bits per heavy atom. The predicted octanol–water partition coefficient (Wildman–Crippen LogP) is 4.87. The number of nitrogens with zero attached hydrogens (tertiary/aromatic N) is 1. The highest BCUT2D eigenvalue weighted by Crippen LogP contribution is 2.32. The van der Waals surface area contributed by atoms with E-state index in [0.29, 0.717) is 38.6 Å². The van der Waals surface area contributed by atoms with Crippen molar-refractivity contribution < 1.29 is 18.3 Å². The number of nitrogens with one attached hydrogen (secondary N) is 1. The van der Waals surface area contributed by atoms with Crippen LogP contribution in [0.3, 0.4) is 0 Å². The summed E-state index contributed by atoms with van der Waals surface area (Å²) in [7, 11) is 1.55. The molecule has 0 spiro atoms. The molecule has 24 heavy (non-hydrogen) atoms. The van der Waals surface area contributed by atoms with Gasteiger partial charge in [-0.05, 0) is 42.5 Å². The molecule has 0 aliphatic heterocycles. The second kappa shape index (κ2) is 7.14. The number of methoxy groups -OCH3 is 1. The lowest BCUT2D eigenvalue weighted by Crippen LogP contribution is -2.11. The lowest BCUT2D eigenvalue weighted by atomic mass is 10.2. The summed E-state index contributed by atoms with van der Waals surface area (Å²) in [6, 6.07) is 11.6. The molecule has 1 aromatic heterocycles. The van der Waals surface area contributed by atoms with E-state index in [1.165, 1.54) is 11.3 Å². The van der Waals surface area contributed by atoms with E-state index in [0.717, 1.165) is 4.70 Å². The van der Waals surface area contributed by atoms with Crippen LogP contribution in [-0.2, 0) is 0 Å². The molecule has 1 amide bonds. The number of thioether (sulfide) groups is 1. The summed E-state index contributed by atoms with van der Waals surface area (Å²) < 4.78 is 30.6. The second-order valence-corrected chi connectivity index (χ2v) is 6.80. The molecule has 0 bridgehead atoms. The van der Waals surface area contributed by atoms with Gasteiger partial charge in [0.1, 0.15) is 5.75 Å². The van der Waals surface area contributed by atoms with Crippen LogP contribution in [0.4, 0.5) is 13.9 Å². The highest BCUT2D eigenvalue weighted by atomic mass is 32.2. The van der Waals surface area contributed by atoms with Gasteiger partial charge >= 0.3 is 0 Å². The van der Waals surface area contributed by atoms with Gasteiger partial charge in [0.15, 0.2) is 5.13 Å². The Morgan fingerprint density at radius 3 is 2.67 bits per heavy atom. The first-order valence-corrected chi connectivity index (χ1v) is 8.55. The molecule has 1 N–H and O–H groups in total. The summed E-state index contributed by atoms with van der Waals surface area (Å²) in [5, 5.41) is 3.14. The standard InChI is InChI=1S/C16H12F2N2O2S2/c1-22-10-4-2-9(3-5-10)14(21)20-16-19-12-7-6-11(23-15(17)18)8-13(12)24-16/h2-8,15H,1H3,(H,19,20,21). The zero-order valence-electron chi connectivity index (χ0n) is 12.5. The van der Waals surface area contributed by atoms with Crippen molar-refractivity contribution in [2.45, 2.75) is 10.7 Å². The third kappa shape index (κ3) is 3.82. The Kier molecular flexibility index (Phi) is 4.96. The number of halogens is 2. The smallest absolute Gasteiger partial charge is 0.288 e. The summed E-state index contributed by atoms with van der Waals surface area (Å²) in [5.41, 5.74) is 1.13. The SMILES string of the molecule is COc1ccc(C(=O)Nc2nc3ccc(SC(F)F)cc3s2)cc1. The Bertz CT molecular complexity index is 866. The van der Waals surface area contributed by atoms with Gasteiger partial charge in [-0.15, -0.1) is 0 Å². The monoisotopic (exact) mass is 366 g/mol. The predicted molar refractivity (Wildman–Crippen MR) is 92.4 cm³/mol. The van der Waals surface area contributed by atoms with E-state index in [-0.39, 0.29) is 5.91 Å². The van der Waals surface area contributed by atoms with Crippen LogP contribution in [0.25, 0.3) is 10.2 Å². The number of fused-ring (bicyclic) bond motifs is 1. The Morgan fingerprint density at radius 2 is 2.00 bits per heavy atom. The number of thiazole rings is 1. The maximum Gasteiger partial charge on any atom is 0.288 e. The van der Waals surface area contributed by atoms with Crippen LogP contribution in [0.5, 0.6) is 5.75 Å². The molecule has 124 valence electrons. The summed E-state index contributed by atoms with van der Waals surface area (Å²) in [6.07, 6.45) is 0. The van der Waals surface area contributed by atoms with Crippen LogP contribution in [0.1, 0.15) is 10.4 Å². The fraction of sp³-hybridized carbons (Fsp3) is 0.125. The number of hydrogen-bond donors (Lipinski definition) is 1. The minimum Gasteiger partial charge on any atom is -0.497 e. The first kappa shape index (κ1) is 16.7. The van der Waals surface area contributed by atoms with Gasteiger partial charge in [0.05, 0.1) is 17.3 Å². The molecule has 0 saturated heterocycles. The average Bonchev–Trinajstić information content (AvgIpc) is 2.95. The largest absolute Gasteiger partial charge is 0.497 e. The number of amides is 1. The molecule has 0 aliphatic carbocycles. The summed E-state index contributed by atoms with van der Waals surface area (Å²) in [5.74, 6) is -2.10. The Balaban J connectivity index is 1.77. The van der Waals surface area contributed by atoms with Gasteiger partial charge in [-0.1, -0.05) is 23.1 Å². The van der Waals surface area contributed by atoms with Crippen molar-refractivity contribution in [3.05, 3.63) is 48.0 Å². The van der Waals surface area contributed by atoms with Crippen molar-refractivity contribution in [1.29, 1.82) is 0 Å². The molecule has 2 aromatic carbocycles. The van der Waals surface area contributed by atoms with Crippen LogP contribution in [0.15, 0.2) is 47.4 Å². The van der Waals surface area contributed by atoms with Crippen LogP contribution >= 0.6 is 23.1 Å². The van der Waals surface area contributed by atoms with Gasteiger partial charge in [-0.25, -0.2) is 4.98 Å². The Hall–Kier alpha value is -2.19. The molecule has 0 saturated carbocycles. The van der Waals surface area contributed by atoms with Gasteiger partial charge in [-0.3, -0.25) is 10.1 Å². The van der Waals surface area contributed by atoms with E-state index in [1.807, 2.05) is 0 Å². The lowest BCUT2D eigenvalue weighted by molar-refractivity contribution is 0.102. The quantitative estimate of drug-likeness (QED) is 0.655. The molecule has 3 rings (SSSR count). The first-order chi connectivity index (χ1) is 11.5. The van der Waals surface area contributed by atoms with E-state index >= 15 is 0 Å². The number of ether oxygens (including phenoxy) is 1. The van der Waals surface area contributed by atoms with Crippen molar-refractivity contribution in [2.75, 3.05) is 12.4 Å². The number of alkyl halides is 2. The van der Waals surface area contributed by atoms with Crippen LogP contribution in [0.2, 0.25) is 0 Å². The highest BCUT2D eigenvalue weighted by molar-refractivity contribution is 7.99. The zero-order chi connectivity index (χ0) is 17.1. The molecule has 0 atom stereocenters. The third-order valence-corrected chi connectivity index (χ3v) is 4.80. The van der Waals surface area contributed by atoms with Crippen LogP contribution in [0, 0.1) is 0 Å². The van der Waals surface area contributed by atoms with E-state index in [4.69, 9.17) is 4.74 Å². The average molecular weight is 366 g/mol. The molecule has 8 heteroatoms. The van der Waals surface area contributed by atoms with Crippen LogP contribution in [-0.4, -0.2) is 23.8 Å². The maximum atomic E-state index is 12.4. The number of benzene rings is 2. The Labute approximate surface area is 144 Å². The van der Waals surface area contributed by atoms with Crippen molar-refractivity contribution in [1.82, 2.24) is 4.98 Å². The van der Waals surface area contributed by atoms with Gasteiger partial charge in [0, 0.05) is 10.5 Å². The molecule has 3 aromatic rings. The number of rotatable bonds is 5. The van der Waals surface area contributed by atoms with E-state index in [1.54, 1.807) is 49.6 Å². The van der Waals surface area contributed by atoms with Gasteiger partial charge < -0.3 is 4.74 Å². The molecular formula is C16H12F2N2O2S2. The third-order valence-electron chi connectivity index (χ3n) is 3.16. The number of carbonyl (C=O) groups excluding carboxylic acids is 1. The highest BCUT2D eigenvalue weighted by Gasteiger charge is 2.12. The minimum atomic E-state index is -2.47. The summed E-state index contributed by atoms with van der Waals surface area (Å²) >= 11 is 1.73. The van der Waals surface area contributed by atoms with Crippen molar-refractivity contribution >= 4 is 44.4 Å². The number of aromatic nitrogens is 1. The number of hydrogen-bond acceptors (Lipinski definition) is 5. The second-order valence-electron chi connectivity index (χ2n) is 4.71. The van der Waals surface area contributed by atoms with Crippen molar-refractivity contribution in [3.8, 4) is 5.75 Å². The molecule has 0 aliphatic rings. The molecule has 1 heterocycles. The molecule has 0 fully saturated rings. The normalized spacial score (nSPS) is 11.0. The molecular weight excluding hydrogens is 354 g/mol. The zero-order valence-corrected chi connectivity index (χ0v) is 14.1. The number of anilines is 1. The van der Waals surface area contributed by atoms with Crippen LogP contribution < -0.4 is 10.1 Å². The summed E-state index contributed by atoms with van der Waals surface area (Å²) in [6.45, 7) is 0. The van der Waals surface area contributed by atoms with Gasteiger partial charge in [0.25, 0.3) is 11.7 Å². The van der Waals surface area contributed by atoms with Gasteiger partial charge in [0.2, 0.25) is 0 Å². The fourth-order valence-electron chi connectivity index (χ4n) is 2.05. The first-order valence-electron chi connectivity index (χ1n) is 6.86. The number of carbonyl (C=O) groups is 1. The van der Waals surface area contributed by atoms with Crippen molar-refractivity contribution in [3.63, 3.8) is 0 Å². The van der Waals surface area contributed by atoms with Crippen molar-refractivity contribution in [2.24, 2.45) is 0 Å². The molecule has 0 radical (unpaired) electrons. The maximum absolute atomic E-state index is 12.4. The molecule has 4 nitrogen and oxygen atoms in total. The van der Waals surface area contributed by atoms with Gasteiger partial charge in [-0.2, -0.15) is 8.78 Å². The summed E-state index contributed by atoms with van der Waals surface area (Å²) in [4.78, 5) is 17.0. The minimum absolute atomic E-state index is 0.293. The van der Waals surface area contributed by atoms with E-state index in [9.17, 15) is 13.6 Å². The molecule has 0 unspecified atom stereocenters. The van der Waals surface area contributed by atoms with E-state index < -0.39 is 5.76 Å².